The minimum Gasteiger partial charge on any atom is -0.496 e. The molecule has 0 atom stereocenters. The zero-order valence-electron chi connectivity index (χ0n) is 9.82. The summed E-state index contributed by atoms with van der Waals surface area (Å²) >= 11 is 0. The lowest BCUT2D eigenvalue weighted by Gasteiger charge is -2.20. The zero-order chi connectivity index (χ0) is 11.5. The predicted octanol–water partition coefficient (Wildman–Crippen LogP) is 2.42. The summed E-state index contributed by atoms with van der Waals surface area (Å²) in [5.41, 5.74) is 4.24. The van der Waals surface area contributed by atoms with Crippen LogP contribution in [0.5, 0.6) is 5.75 Å². The third-order valence-corrected chi connectivity index (χ3v) is 2.78. The van der Waals surface area contributed by atoms with Gasteiger partial charge in [-0.25, -0.2) is 5.43 Å². The number of methoxy groups -OCH3 is 1. The van der Waals surface area contributed by atoms with Crippen molar-refractivity contribution in [3.8, 4) is 5.75 Å². The van der Waals surface area contributed by atoms with Gasteiger partial charge in [0.2, 0.25) is 0 Å². The summed E-state index contributed by atoms with van der Waals surface area (Å²) < 4.78 is 5.36. The second-order valence-corrected chi connectivity index (χ2v) is 3.62. The molecule has 3 heteroatoms. The molecule has 0 unspecified atom stereocenters. The van der Waals surface area contributed by atoms with E-state index in [-0.39, 0.29) is 0 Å². The Bertz CT molecular complexity index is 496. The number of ether oxygens (including phenoxy) is 1. The number of nitrogens with one attached hydrogen (secondary N) is 1. The van der Waals surface area contributed by atoms with Crippen LogP contribution in [-0.4, -0.2) is 21.2 Å². The van der Waals surface area contributed by atoms with Crippen LogP contribution in [0.25, 0.3) is 10.8 Å². The van der Waals surface area contributed by atoms with E-state index in [0.29, 0.717) is 0 Å². The highest BCUT2D eigenvalue weighted by Crippen LogP contribution is 2.32. The molecule has 2 aromatic carbocycles. The summed E-state index contributed by atoms with van der Waals surface area (Å²) in [6.07, 6.45) is 0. The van der Waals surface area contributed by atoms with E-state index in [1.165, 1.54) is 5.39 Å². The molecule has 0 spiro atoms. The standard InChI is InChI=1S/C13H16N2O/c1-14-15(2)12-8-9-13(16-3)11-7-5-4-6-10(11)12/h4-9,14H,1-3H3. The van der Waals surface area contributed by atoms with Crippen molar-refractivity contribution in [3.63, 3.8) is 0 Å². The fraction of sp³-hybridized carbons (Fsp3) is 0.231. The van der Waals surface area contributed by atoms with Gasteiger partial charge in [-0.1, -0.05) is 24.3 Å². The molecule has 0 saturated heterocycles. The van der Waals surface area contributed by atoms with E-state index in [9.17, 15) is 0 Å². The lowest BCUT2D eigenvalue weighted by atomic mass is 10.1. The largest absolute Gasteiger partial charge is 0.496 e. The van der Waals surface area contributed by atoms with Gasteiger partial charge >= 0.3 is 0 Å². The highest BCUT2D eigenvalue weighted by Gasteiger charge is 2.07. The Morgan fingerprint density at radius 3 is 2.38 bits per heavy atom. The Labute approximate surface area is 95.6 Å². The molecule has 16 heavy (non-hydrogen) atoms. The molecular weight excluding hydrogens is 200 g/mol. The number of benzene rings is 2. The molecule has 2 aromatic rings. The van der Waals surface area contributed by atoms with Gasteiger partial charge in [0, 0.05) is 24.9 Å². The third kappa shape index (κ3) is 1.70. The van der Waals surface area contributed by atoms with Crippen LogP contribution >= 0.6 is 0 Å². The molecule has 0 saturated carbocycles. The first-order chi connectivity index (χ1) is 7.77. The summed E-state index contributed by atoms with van der Waals surface area (Å²) in [5.74, 6) is 0.906. The van der Waals surface area contributed by atoms with Gasteiger partial charge in [-0.15, -0.1) is 0 Å². The molecule has 84 valence electrons. The molecule has 0 fully saturated rings. The maximum absolute atomic E-state index is 5.36. The molecular formula is C13H16N2O. The zero-order valence-corrected chi connectivity index (χ0v) is 9.82. The van der Waals surface area contributed by atoms with Gasteiger partial charge in [0.1, 0.15) is 5.75 Å². The average molecular weight is 216 g/mol. The van der Waals surface area contributed by atoms with Crippen molar-refractivity contribution in [1.82, 2.24) is 5.43 Å². The van der Waals surface area contributed by atoms with Crippen molar-refractivity contribution in [2.75, 3.05) is 26.2 Å². The number of hydrazine groups is 1. The van der Waals surface area contributed by atoms with Gasteiger partial charge in [-0.05, 0) is 12.1 Å². The Morgan fingerprint density at radius 1 is 1.06 bits per heavy atom. The van der Waals surface area contributed by atoms with Crippen molar-refractivity contribution < 1.29 is 4.74 Å². The summed E-state index contributed by atoms with van der Waals surface area (Å²) in [4.78, 5) is 0. The molecule has 0 aliphatic rings. The van der Waals surface area contributed by atoms with E-state index in [2.05, 4.69) is 23.6 Å². The van der Waals surface area contributed by atoms with Crippen LogP contribution in [0.4, 0.5) is 5.69 Å². The van der Waals surface area contributed by atoms with Gasteiger partial charge in [-0.3, -0.25) is 0 Å². The van der Waals surface area contributed by atoms with E-state index in [4.69, 9.17) is 4.74 Å². The molecule has 2 rings (SSSR count). The number of fused-ring (bicyclic) bond motifs is 1. The fourth-order valence-corrected chi connectivity index (χ4v) is 1.85. The second kappa shape index (κ2) is 4.41. The first-order valence-electron chi connectivity index (χ1n) is 5.24. The van der Waals surface area contributed by atoms with E-state index in [1.54, 1.807) is 7.11 Å². The van der Waals surface area contributed by atoms with Gasteiger partial charge < -0.3 is 9.75 Å². The Hall–Kier alpha value is -1.74. The molecule has 0 aliphatic carbocycles. The van der Waals surface area contributed by atoms with Crippen molar-refractivity contribution in [3.05, 3.63) is 36.4 Å². The first kappa shape index (κ1) is 10.8. The smallest absolute Gasteiger partial charge is 0.126 e. The van der Waals surface area contributed by atoms with Crippen molar-refractivity contribution in [2.45, 2.75) is 0 Å². The molecule has 3 nitrogen and oxygen atoms in total. The first-order valence-corrected chi connectivity index (χ1v) is 5.24. The lowest BCUT2D eigenvalue weighted by Crippen LogP contribution is -2.30. The molecule has 0 aromatic heterocycles. The van der Waals surface area contributed by atoms with Crippen LogP contribution in [0.15, 0.2) is 36.4 Å². The molecule has 0 radical (unpaired) electrons. The van der Waals surface area contributed by atoms with Crippen molar-refractivity contribution >= 4 is 16.5 Å². The van der Waals surface area contributed by atoms with Gasteiger partial charge in [-0.2, -0.15) is 0 Å². The number of rotatable bonds is 3. The molecule has 0 heterocycles. The van der Waals surface area contributed by atoms with Crippen LogP contribution in [0, 0.1) is 0 Å². The third-order valence-electron chi connectivity index (χ3n) is 2.78. The lowest BCUT2D eigenvalue weighted by molar-refractivity contribution is 0.420. The Kier molecular flexibility index (Phi) is 2.97. The minimum atomic E-state index is 0.906. The predicted molar refractivity (Wildman–Crippen MR) is 68.0 cm³/mol. The van der Waals surface area contributed by atoms with Crippen LogP contribution in [-0.2, 0) is 0 Å². The van der Waals surface area contributed by atoms with Gasteiger partial charge in [0.25, 0.3) is 0 Å². The van der Waals surface area contributed by atoms with Crippen LogP contribution < -0.4 is 15.2 Å². The summed E-state index contributed by atoms with van der Waals surface area (Å²) in [5, 5.41) is 4.30. The van der Waals surface area contributed by atoms with Gasteiger partial charge in [0.05, 0.1) is 12.8 Å². The topological polar surface area (TPSA) is 24.5 Å². The minimum absolute atomic E-state index is 0.906. The van der Waals surface area contributed by atoms with E-state index >= 15 is 0 Å². The highest BCUT2D eigenvalue weighted by atomic mass is 16.5. The molecule has 0 aliphatic heterocycles. The summed E-state index contributed by atoms with van der Waals surface area (Å²) in [6.45, 7) is 0. The van der Waals surface area contributed by atoms with Crippen molar-refractivity contribution in [2.24, 2.45) is 0 Å². The summed E-state index contributed by atoms with van der Waals surface area (Å²) in [6, 6.07) is 12.3. The van der Waals surface area contributed by atoms with E-state index in [1.807, 2.05) is 37.3 Å². The Balaban J connectivity index is 2.69. The monoisotopic (exact) mass is 216 g/mol. The average Bonchev–Trinajstić information content (AvgIpc) is 2.36. The number of hydrogen-bond acceptors (Lipinski definition) is 3. The maximum atomic E-state index is 5.36. The van der Waals surface area contributed by atoms with E-state index in [0.717, 1.165) is 16.8 Å². The number of hydrogen-bond donors (Lipinski definition) is 1. The quantitative estimate of drug-likeness (QED) is 0.797. The van der Waals surface area contributed by atoms with Crippen LogP contribution in [0.2, 0.25) is 0 Å². The van der Waals surface area contributed by atoms with Crippen LogP contribution in [0.3, 0.4) is 0 Å². The number of nitrogens with zero attached hydrogens (tertiary/aromatic N) is 1. The maximum Gasteiger partial charge on any atom is 0.126 e. The van der Waals surface area contributed by atoms with Crippen LogP contribution in [0.1, 0.15) is 0 Å². The van der Waals surface area contributed by atoms with E-state index < -0.39 is 0 Å². The normalized spacial score (nSPS) is 10.4. The molecule has 1 N–H and O–H groups in total. The second-order valence-electron chi connectivity index (χ2n) is 3.62. The fourth-order valence-electron chi connectivity index (χ4n) is 1.85. The Morgan fingerprint density at radius 2 is 1.75 bits per heavy atom. The van der Waals surface area contributed by atoms with Crippen molar-refractivity contribution in [1.29, 1.82) is 0 Å². The molecule has 0 bridgehead atoms. The summed E-state index contributed by atoms with van der Waals surface area (Å²) in [7, 11) is 5.59. The molecule has 0 amide bonds. The highest BCUT2D eigenvalue weighted by molar-refractivity contribution is 5.98. The number of anilines is 1. The SMILES string of the molecule is CNN(C)c1ccc(OC)c2ccccc12. The van der Waals surface area contributed by atoms with Gasteiger partial charge in [0.15, 0.2) is 0 Å².